The van der Waals surface area contributed by atoms with Crippen molar-refractivity contribution in [3.8, 4) is 0 Å². The van der Waals surface area contributed by atoms with Crippen molar-refractivity contribution in [2.45, 2.75) is 25.9 Å². The molecule has 56 valence electrons. The van der Waals surface area contributed by atoms with Gasteiger partial charge in [0.2, 0.25) is 0 Å². The largest absolute Gasteiger partial charge is 0.140 e. The summed E-state index contributed by atoms with van der Waals surface area (Å²) in [7, 11) is 6.67. The summed E-state index contributed by atoms with van der Waals surface area (Å²) in [5.74, 6) is 0. The highest BCUT2D eigenvalue weighted by Crippen LogP contribution is 2.34. The molecule has 0 spiro atoms. The molecule has 10 heavy (non-hydrogen) atoms. The Hall–Kier alpha value is 0.585. The molecule has 0 aliphatic carbocycles. The van der Waals surface area contributed by atoms with E-state index in [0.717, 1.165) is 19.7 Å². The Morgan fingerprint density at radius 1 is 1.80 bits per heavy atom. The third kappa shape index (κ3) is 4.41. The molecule has 0 rings (SSSR count). The second kappa shape index (κ2) is 6.31. The molecule has 0 bridgehead atoms. The number of hydrogen-bond donors (Lipinski definition) is 0. The van der Waals surface area contributed by atoms with Crippen molar-refractivity contribution in [1.82, 2.24) is 0 Å². The lowest BCUT2D eigenvalue weighted by molar-refractivity contribution is 1.15. The van der Waals surface area contributed by atoms with Crippen LogP contribution in [-0.4, -0.2) is 19.8 Å². The summed E-state index contributed by atoms with van der Waals surface area (Å²) in [4.78, 5) is 0. The fourth-order valence-corrected chi connectivity index (χ4v) is 2.73. The van der Waals surface area contributed by atoms with Crippen molar-refractivity contribution >= 4 is 27.0 Å². The molecule has 3 heteroatoms. The van der Waals surface area contributed by atoms with Crippen LogP contribution in [0.3, 0.4) is 0 Å². The first-order valence-electron chi connectivity index (χ1n) is 3.46. The van der Waals surface area contributed by atoms with Gasteiger partial charge in [0.1, 0.15) is 7.85 Å². The number of hydrogen-bond acceptors (Lipinski definition) is 1. The normalized spacial score (nSPS) is 16.5. The molecule has 0 saturated heterocycles. The van der Waals surface area contributed by atoms with Gasteiger partial charge < -0.3 is 0 Å². The zero-order valence-electron chi connectivity index (χ0n) is 6.85. The minimum absolute atomic E-state index is 0.565. The first-order chi connectivity index (χ1) is 4.72. The second-order valence-corrected chi connectivity index (χ2v) is 5.60. The molecule has 0 aromatic carbocycles. The van der Waals surface area contributed by atoms with Crippen LogP contribution in [0.5, 0.6) is 0 Å². The van der Waals surface area contributed by atoms with E-state index in [0.29, 0.717) is 5.66 Å². The lowest BCUT2D eigenvalue weighted by atomic mass is 9.92. The van der Waals surface area contributed by atoms with E-state index < -0.39 is 0 Å². The average molecular weight is 172 g/mol. The molecule has 2 atom stereocenters. The lowest BCUT2D eigenvalue weighted by Crippen LogP contribution is -1.97. The topological polar surface area (TPSA) is 0 Å². The van der Waals surface area contributed by atoms with Crippen LogP contribution in [0, 0.1) is 0 Å². The molecular formula is C7H14BPS. The Balaban J connectivity index is 3.69. The Morgan fingerprint density at radius 2 is 2.40 bits per heavy atom. The van der Waals surface area contributed by atoms with Gasteiger partial charge in [-0.05, 0) is 18.3 Å². The molecule has 0 aromatic rings. The lowest BCUT2D eigenvalue weighted by Gasteiger charge is -2.09. The van der Waals surface area contributed by atoms with Gasteiger partial charge >= 0.3 is 0 Å². The van der Waals surface area contributed by atoms with Crippen molar-refractivity contribution in [1.29, 1.82) is 0 Å². The third-order valence-electron chi connectivity index (χ3n) is 1.23. The molecule has 0 aliphatic heterocycles. The molecule has 0 aliphatic rings. The van der Waals surface area contributed by atoms with E-state index in [1.165, 1.54) is 0 Å². The molecule has 0 saturated carbocycles. The fourth-order valence-electron chi connectivity index (χ4n) is 0.657. The van der Waals surface area contributed by atoms with Crippen molar-refractivity contribution < 1.29 is 0 Å². The smallest absolute Gasteiger partial charge is 0.108 e. The minimum Gasteiger partial charge on any atom is -0.140 e. The maximum Gasteiger partial charge on any atom is 0.108 e. The second-order valence-electron chi connectivity index (χ2n) is 2.16. The Labute approximate surface area is 71.2 Å². The molecule has 0 aromatic heterocycles. The van der Waals surface area contributed by atoms with E-state index in [-0.39, 0.29) is 0 Å². The summed E-state index contributed by atoms with van der Waals surface area (Å²) in [6.07, 6.45) is 5.27. The maximum absolute atomic E-state index is 5.77. The predicted octanol–water partition coefficient (Wildman–Crippen LogP) is 2.79. The molecule has 2 radical (unpaired) electrons. The van der Waals surface area contributed by atoms with Crippen LogP contribution in [0.4, 0.5) is 0 Å². The highest BCUT2D eigenvalue weighted by atomic mass is 32.7. The van der Waals surface area contributed by atoms with E-state index in [9.17, 15) is 0 Å². The third-order valence-corrected chi connectivity index (χ3v) is 3.92. The highest BCUT2D eigenvalue weighted by Gasteiger charge is 2.00. The van der Waals surface area contributed by atoms with Crippen LogP contribution < -0.4 is 0 Å². The summed E-state index contributed by atoms with van der Waals surface area (Å²) in [5, 5.41) is 0. The van der Waals surface area contributed by atoms with Gasteiger partial charge in [-0.3, -0.25) is 0 Å². The van der Waals surface area contributed by atoms with Crippen LogP contribution >= 0.6 is 19.2 Å². The van der Waals surface area contributed by atoms with Gasteiger partial charge in [-0.25, -0.2) is 0 Å². The van der Waals surface area contributed by atoms with E-state index in [1.54, 1.807) is 0 Å². The zero-order chi connectivity index (χ0) is 7.98. The quantitative estimate of drug-likeness (QED) is 0.464. The Kier molecular flexibility index (Phi) is 6.67. The molecule has 0 amide bonds. The van der Waals surface area contributed by atoms with Gasteiger partial charge in [0, 0.05) is 0 Å². The fraction of sp³-hybridized carbons (Fsp3) is 0.714. The SMILES string of the molecule is [B]/C(=C/CC)C(C)PSC. The van der Waals surface area contributed by atoms with E-state index in [1.807, 2.05) is 11.4 Å². The maximum atomic E-state index is 5.77. The Morgan fingerprint density at radius 3 is 2.80 bits per heavy atom. The first-order valence-corrected chi connectivity index (χ1v) is 6.49. The molecule has 0 fully saturated rings. The van der Waals surface area contributed by atoms with Gasteiger partial charge in [0.15, 0.2) is 0 Å². The summed E-state index contributed by atoms with van der Waals surface area (Å²) in [6, 6.07) is 0. The van der Waals surface area contributed by atoms with Crippen molar-refractivity contribution in [3.05, 3.63) is 11.5 Å². The van der Waals surface area contributed by atoms with Gasteiger partial charge in [-0.1, -0.05) is 27.7 Å². The van der Waals surface area contributed by atoms with Crippen LogP contribution in [0.1, 0.15) is 20.3 Å². The number of allylic oxidation sites excluding steroid dienone is 2. The average Bonchev–Trinajstić information content (AvgIpc) is 1.89. The van der Waals surface area contributed by atoms with Crippen molar-refractivity contribution in [3.63, 3.8) is 0 Å². The predicted molar refractivity (Wildman–Crippen MR) is 55.4 cm³/mol. The van der Waals surface area contributed by atoms with Gasteiger partial charge in [-0.15, -0.1) is 16.9 Å². The molecule has 0 nitrogen and oxygen atoms in total. The molecular weight excluding hydrogens is 158 g/mol. The van der Waals surface area contributed by atoms with Crippen molar-refractivity contribution in [2.75, 3.05) is 6.26 Å². The molecule has 2 unspecified atom stereocenters. The van der Waals surface area contributed by atoms with Crippen LogP contribution in [0.25, 0.3) is 0 Å². The van der Waals surface area contributed by atoms with Gasteiger partial charge in [0.05, 0.1) is 0 Å². The van der Waals surface area contributed by atoms with Crippen LogP contribution in [0.2, 0.25) is 0 Å². The zero-order valence-corrected chi connectivity index (χ0v) is 8.66. The van der Waals surface area contributed by atoms with Gasteiger partial charge in [0.25, 0.3) is 0 Å². The monoisotopic (exact) mass is 172 g/mol. The van der Waals surface area contributed by atoms with E-state index in [4.69, 9.17) is 7.85 Å². The summed E-state index contributed by atoms with van der Waals surface area (Å²) >= 11 is 1.87. The van der Waals surface area contributed by atoms with Crippen LogP contribution in [0.15, 0.2) is 11.5 Å². The van der Waals surface area contributed by atoms with Crippen LogP contribution in [-0.2, 0) is 0 Å². The van der Waals surface area contributed by atoms with Crippen molar-refractivity contribution in [2.24, 2.45) is 0 Å². The van der Waals surface area contributed by atoms with Gasteiger partial charge in [-0.2, -0.15) is 0 Å². The Bertz CT molecular complexity index is 114. The van der Waals surface area contributed by atoms with E-state index in [2.05, 4.69) is 26.2 Å². The summed E-state index contributed by atoms with van der Waals surface area (Å²) < 4.78 is 0. The standard InChI is InChI=1S/C7H14BPS/c1-4-5-7(8)6(2)9-10-3/h5-6,9H,4H2,1-3H3/b7-5+. The molecule has 0 N–H and O–H groups in total. The summed E-state index contributed by atoms with van der Waals surface area (Å²) in [5.41, 5.74) is 1.62. The number of rotatable bonds is 4. The highest BCUT2D eigenvalue weighted by molar-refractivity contribution is 8.49. The first kappa shape index (κ1) is 10.6. The van der Waals surface area contributed by atoms with E-state index >= 15 is 0 Å². The molecule has 0 heterocycles. The summed E-state index contributed by atoms with van der Waals surface area (Å²) in [6.45, 7) is 4.29. The minimum atomic E-state index is 0.565.